The summed E-state index contributed by atoms with van der Waals surface area (Å²) in [7, 11) is 3.77. The Bertz CT molecular complexity index is 1540. The fourth-order valence-electron chi connectivity index (χ4n) is 3.92. The number of carbonyl (C=O) groups excluding carboxylic acids is 3. The van der Waals surface area contributed by atoms with Gasteiger partial charge in [-0.1, -0.05) is 41.9 Å². The summed E-state index contributed by atoms with van der Waals surface area (Å²) in [5, 5.41) is 19.9. The molecule has 0 aliphatic carbocycles. The summed E-state index contributed by atoms with van der Waals surface area (Å²) < 4.78 is 6.59. The van der Waals surface area contributed by atoms with E-state index >= 15 is 0 Å². The highest BCUT2D eigenvalue weighted by Gasteiger charge is 2.21. The van der Waals surface area contributed by atoms with Gasteiger partial charge in [-0.3, -0.25) is 14.9 Å². The number of halogens is 1. The van der Waals surface area contributed by atoms with Crippen LogP contribution in [0.4, 0.5) is 16.2 Å². The number of nitrogens with one attached hydrogen (secondary N) is 3. The number of amides is 3. The van der Waals surface area contributed by atoms with Gasteiger partial charge in [0.15, 0.2) is 0 Å². The standard InChI is InChI=1S/C30H31ClN8O4/c1-38(2)16-17-43-30(42)34-25-12-10-24(11-13-25)33-29(41)26(18-21-6-4-3-5-7-21)35-28(40)15-8-22-19-23(31)9-14-27(22)39-20-32-36-37-39/h3-15,19-20,26H,16-18H2,1-2H3,(H,33,41)(H,34,42)(H,35,40)/b15-8+/t26-/m0/s1. The van der Waals surface area contributed by atoms with Crippen LogP contribution in [0, 0.1) is 0 Å². The van der Waals surface area contributed by atoms with E-state index in [9.17, 15) is 14.4 Å². The number of tetrazole rings is 1. The minimum Gasteiger partial charge on any atom is -0.448 e. The molecule has 1 atom stereocenters. The Morgan fingerprint density at radius 3 is 2.40 bits per heavy atom. The van der Waals surface area contributed by atoms with Crippen molar-refractivity contribution < 1.29 is 19.1 Å². The van der Waals surface area contributed by atoms with Crippen molar-refractivity contribution in [3.05, 3.63) is 101 Å². The van der Waals surface area contributed by atoms with Crippen molar-refractivity contribution in [2.75, 3.05) is 37.9 Å². The van der Waals surface area contributed by atoms with Gasteiger partial charge in [0.1, 0.15) is 19.0 Å². The number of nitrogens with zero attached hydrogens (tertiary/aromatic N) is 5. The summed E-state index contributed by atoms with van der Waals surface area (Å²) in [6.45, 7) is 0.869. The molecule has 1 heterocycles. The molecule has 0 saturated heterocycles. The quantitative estimate of drug-likeness (QED) is 0.208. The Labute approximate surface area is 253 Å². The molecule has 3 amide bonds. The third-order valence-corrected chi connectivity index (χ3v) is 6.32. The number of carbonyl (C=O) groups is 3. The van der Waals surface area contributed by atoms with E-state index in [4.69, 9.17) is 16.3 Å². The molecule has 0 spiro atoms. The first-order chi connectivity index (χ1) is 20.8. The Balaban J connectivity index is 1.42. The molecular weight excluding hydrogens is 572 g/mol. The van der Waals surface area contributed by atoms with Gasteiger partial charge in [-0.15, -0.1) is 5.10 Å². The summed E-state index contributed by atoms with van der Waals surface area (Å²) in [5.41, 5.74) is 3.10. The van der Waals surface area contributed by atoms with Crippen LogP contribution in [0.2, 0.25) is 5.02 Å². The van der Waals surface area contributed by atoms with Gasteiger partial charge < -0.3 is 20.3 Å². The fraction of sp³-hybridized carbons (Fsp3) is 0.200. The summed E-state index contributed by atoms with van der Waals surface area (Å²) in [6.07, 6.45) is 4.02. The Hall–Kier alpha value is -5.07. The lowest BCUT2D eigenvalue weighted by molar-refractivity contribution is -0.123. The van der Waals surface area contributed by atoms with Crippen LogP contribution >= 0.6 is 11.6 Å². The molecule has 0 saturated carbocycles. The molecular formula is C30H31ClN8O4. The second-order valence-electron chi connectivity index (χ2n) is 9.67. The van der Waals surface area contributed by atoms with Gasteiger partial charge in [-0.2, -0.15) is 4.68 Å². The summed E-state index contributed by atoms with van der Waals surface area (Å²) in [5.74, 6) is -0.891. The molecule has 43 heavy (non-hydrogen) atoms. The van der Waals surface area contributed by atoms with Gasteiger partial charge in [0.05, 0.1) is 5.69 Å². The monoisotopic (exact) mass is 602 g/mol. The van der Waals surface area contributed by atoms with Gasteiger partial charge in [0.2, 0.25) is 11.8 Å². The van der Waals surface area contributed by atoms with Crippen molar-refractivity contribution in [3.63, 3.8) is 0 Å². The second kappa shape index (κ2) is 15.2. The highest BCUT2D eigenvalue weighted by atomic mass is 35.5. The zero-order valence-electron chi connectivity index (χ0n) is 23.6. The number of anilines is 2. The van der Waals surface area contributed by atoms with E-state index in [2.05, 4.69) is 31.5 Å². The van der Waals surface area contributed by atoms with Gasteiger partial charge >= 0.3 is 6.09 Å². The average Bonchev–Trinajstić information content (AvgIpc) is 3.52. The van der Waals surface area contributed by atoms with E-state index in [1.54, 1.807) is 48.5 Å². The van der Waals surface area contributed by atoms with E-state index in [1.165, 1.54) is 17.1 Å². The number of ether oxygens (including phenoxy) is 1. The molecule has 3 aromatic carbocycles. The SMILES string of the molecule is CN(C)CCOC(=O)Nc1ccc(NC(=O)[C@H](Cc2ccccc2)NC(=O)/C=C/c2cc(Cl)ccc2-n2cnnn2)cc1. The molecule has 12 nitrogen and oxygen atoms in total. The van der Waals surface area contributed by atoms with Crippen molar-refractivity contribution in [1.82, 2.24) is 30.4 Å². The molecule has 0 aliphatic rings. The Morgan fingerprint density at radius 1 is 1.00 bits per heavy atom. The molecule has 13 heteroatoms. The minimum atomic E-state index is -0.887. The number of hydrogen-bond donors (Lipinski definition) is 3. The van der Waals surface area contributed by atoms with E-state index in [0.29, 0.717) is 34.2 Å². The second-order valence-corrected chi connectivity index (χ2v) is 10.1. The number of likely N-dealkylation sites (N-methyl/N-ethyl adjacent to an activating group) is 1. The molecule has 222 valence electrons. The molecule has 0 unspecified atom stereocenters. The van der Waals surface area contributed by atoms with Gasteiger partial charge in [0.25, 0.3) is 0 Å². The first-order valence-electron chi connectivity index (χ1n) is 13.3. The van der Waals surface area contributed by atoms with E-state index in [1.807, 2.05) is 49.3 Å². The van der Waals surface area contributed by atoms with Crippen molar-refractivity contribution >= 4 is 47.0 Å². The van der Waals surface area contributed by atoms with Crippen LogP contribution in [-0.4, -0.2) is 76.3 Å². The Kier molecular flexibility index (Phi) is 10.9. The maximum absolute atomic E-state index is 13.3. The molecule has 0 aliphatic heterocycles. The smallest absolute Gasteiger partial charge is 0.411 e. The minimum absolute atomic E-state index is 0.260. The summed E-state index contributed by atoms with van der Waals surface area (Å²) in [4.78, 5) is 40.2. The van der Waals surface area contributed by atoms with Crippen molar-refractivity contribution in [2.45, 2.75) is 12.5 Å². The lowest BCUT2D eigenvalue weighted by Gasteiger charge is -2.18. The van der Waals surface area contributed by atoms with Crippen LogP contribution in [0.25, 0.3) is 11.8 Å². The molecule has 0 bridgehead atoms. The molecule has 4 aromatic rings. The molecule has 4 rings (SSSR count). The zero-order chi connectivity index (χ0) is 30.6. The lowest BCUT2D eigenvalue weighted by Crippen LogP contribution is -2.44. The zero-order valence-corrected chi connectivity index (χ0v) is 24.4. The maximum Gasteiger partial charge on any atom is 0.411 e. The normalized spacial score (nSPS) is 11.7. The maximum atomic E-state index is 13.3. The topological polar surface area (TPSA) is 143 Å². The van der Waals surface area contributed by atoms with Crippen molar-refractivity contribution in [2.24, 2.45) is 0 Å². The third kappa shape index (κ3) is 9.76. The number of rotatable bonds is 12. The van der Waals surface area contributed by atoms with Crippen LogP contribution in [0.15, 0.2) is 85.2 Å². The number of hydrogen-bond acceptors (Lipinski definition) is 8. The highest BCUT2D eigenvalue weighted by Crippen LogP contribution is 2.20. The molecule has 1 aromatic heterocycles. The average molecular weight is 603 g/mol. The summed E-state index contributed by atoms with van der Waals surface area (Å²) in [6, 6.07) is 20.2. The largest absolute Gasteiger partial charge is 0.448 e. The van der Waals surface area contributed by atoms with Crippen LogP contribution in [0.1, 0.15) is 11.1 Å². The number of benzene rings is 3. The third-order valence-electron chi connectivity index (χ3n) is 6.09. The van der Waals surface area contributed by atoms with Gasteiger partial charge in [-0.25, -0.2) is 4.79 Å². The lowest BCUT2D eigenvalue weighted by atomic mass is 10.0. The Morgan fingerprint density at radius 2 is 1.72 bits per heavy atom. The van der Waals surface area contributed by atoms with Crippen LogP contribution in [0.3, 0.4) is 0 Å². The van der Waals surface area contributed by atoms with Crippen molar-refractivity contribution in [3.8, 4) is 5.69 Å². The highest BCUT2D eigenvalue weighted by molar-refractivity contribution is 6.30. The van der Waals surface area contributed by atoms with Gasteiger partial charge in [0, 0.05) is 41.0 Å². The van der Waals surface area contributed by atoms with Gasteiger partial charge in [-0.05, 0) is 78.6 Å². The first-order valence-corrected chi connectivity index (χ1v) is 13.7. The van der Waals surface area contributed by atoms with Crippen LogP contribution in [-0.2, 0) is 20.7 Å². The molecule has 0 fully saturated rings. The van der Waals surface area contributed by atoms with E-state index in [0.717, 1.165) is 5.56 Å². The van der Waals surface area contributed by atoms with E-state index in [-0.39, 0.29) is 13.0 Å². The van der Waals surface area contributed by atoms with Crippen LogP contribution < -0.4 is 16.0 Å². The predicted octanol–water partition coefficient (Wildman–Crippen LogP) is 3.81. The predicted molar refractivity (Wildman–Crippen MR) is 164 cm³/mol. The fourth-order valence-corrected chi connectivity index (χ4v) is 4.11. The molecule has 3 N–H and O–H groups in total. The van der Waals surface area contributed by atoms with Crippen molar-refractivity contribution in [1.29, 1.82) is 0 Å². The number of aromatic nitrogens is 4. The van der Waals surface area contributed by atoms with E-state index < -0.39 is 23.9 Å². The summed E-state index contributed by atoms with van der Waals surface area (Å²) >= 11 is 6.17. The molecule has 0 radical (unpaired) electrons. The first kappa shape index (κ1) is 30.9. The van der Waals surface area contributed by atoms with Crippen LogP contribution in [0.5, 0.6) is 0 Å².